The molecule has 0 bridgehead atoms. The van der Waals surface area contributed by atoms with Crippen LogP contribution in [0, 0.1) is 0 Å². The Morgan fingerprint density at radius 3 is 2.42 bits per heavy atom. The SMILES string of the molecule is CCCCCCC(O)([SiH3])C(=O)O. The van der Waals surface area contributed by atoms with Gasteiger partial charge < -0.3 is 10.2 Å². The molecular formula is C8H18O3Si. The van der Waals surface area contributed by atoms with Gasteiger partial charge in [0.25, 0.3) is 0 Å². The predicted molar refractivity (Wildman–Crippen MR) is 51.3 cm³/mol. The van der Waals surface area contributed by atoms with Gasteiger partial charge in [0.15, 0.2) is 0 Å². The van der Waals surface area contributed by atoms with E-state index in [4.69, 9.17) is 5.11 Å². The molecule has 0 aliphatic rings. The van der Waals surface area contributed by atoms with Crippen molar-refractivity contribution in [1.82, 2.24) is 0 Å². The first-order valence-corrected chi connectivity index (χ1v) is 5.46. The Kier molecular flexibility index (Phi) is 5.16. The number of aliphatic carboxylic acids is 1. The number of rotatable bonds is 6. The Hall–Kier alpha value is -0.353. The van der Waals surface area contributed by atoms with E-state index in [1.54, 1.807) is 0 Å². The van der Waals surface area contributed by atoms with Crippen LogP contribution in [0.4, 0.5) is 0 Å². The minimum Gasteiger partial charge on any atom is -0.479 e. The second-order valence-electron chi connectivity index (χ2n) is 3.39. The van der Waals surface area contributed by atoms with Crippen LogP contribution >= 0.6 is 0 Å². The normalized spacial score (nSPS) is 15.8. The Morgan fingerprint density at radius 2 is 2.00 bits per heavy atom. The minimum atomic E-state index is -1.40. The molecule has 0 heterocycles. The zero-order valence-corrected chi connectivity index (χ0v) is 9.84. The maximum Gasteiger partial charge on any atom is 0.330 e. The van der Waals surface area contributed by atoms with Crippen molar-refractivity contribution in [2.24, 2.45) is 0 Å². The molecule has 0 aliphatic carbocycles. The van der Waals surface area contributed by atoms with Crippen molar-refractivity contribution in [3.8, 4) is 0 Å². The molecule has 0 saturated carbocycles. The van der Waals surface area contributed by atoms with E-state index in [1.165, 1.54) is 0 Å². The molecule has 4 heteroatoms. The summed E-state index contributed by atoms with van der Waals surface area (Å²) < 4.78 is 0. The molecular weight excluding hydrogens is 172 g/mol. The fourth-order valence-corrected chi connectivity index (χ4v) is 1.36. The number of aliphatic hydroxyl groups is 1. The maximum absolute atomic E-state index is 10.5. The summed E-state index contributed by atoms with van der Waals surface area (Å²) >= 11 is 0. The molecule has 1 atom stereocenters. The Morgan fingerprint density at radius 1 is 1.42 bits per heavy atom. The van der Waals surface area contributed by atoms with Crippen LogP contribution in [-0.2, 0) is 4.79 Å². The molecule has 0 aromatic rings. The third kappa shape index (κ3) is 4.51. The molecule has 0 aromatic carbocycles. The second-order valence-corrected chi connectivity index (χ2v) is 5.04. The number of unbranched alkanes of at least 4 members (excludes halogenated alkanes) is 3. The quantitative estimate of drug-likeness (QED) is 0.461. The first-order valence-electron chi connectivity index (χ1n) is 4.46. The van der Waals surface area contributed by atoms with Gasteiger partial charge in [-0.05, 0) is 6.42 Å². The van der Waals surface area contributed by atoms with E-state index in [0.717, 1.165) is 25.7 Å². The highest BCUT2D eigenvalue weighted by atomic mass is 28.1. The van der Waals surface area contributed by atoms with Gasteiger partial charge in [-0.3, -0.25) is 0 Å². The van der Waals surface area contributed by atoms with Gasteiger partial charge in [-0.15, -0.1) is 0 Å². The van der Waals surface area contributed by atoms with E-state index in [0.29, 0.717) is 16.7 Å². The van der Waals surface area contributed by atoms with Gasteiger partial charge in [0, 0.05) is 0 Å². The lowest BCUT2D eigenvalue weighted by molar-refractivity contribution is -0.150. The molecule has 0 rings (SSSR count). The first kappa shape index (κ1) is 11.6. The predicted octanol–water partition coefficient (Wildman–Crippen LogP) is 0.0954. The summed E-state index contributed by atoms with van der Waals surface area (Å²) in [5, 5.41) is 16.5. The van der Waals surface area contributed by atoms with Gasteiger partial charge in [0.1, 0.15) is 5.22 Å². The van der Waals surface area contributed by atoms with Crippen molar-refractivity contribution in [3.63, 3.8) is 0 Å². The Bertz CT molecular complexity index is 145. The van der Waals surface area contributed by atoms with E-state index in [9.17, 15) is 9.90 Å². The topological polar surface area (TPSA) is 57.5 Å². The summed E-state index contributed by atoms with van der Waals surface area (Å²) in [4.78, 5) is 10.5. The van der Waals surface area contributed by atoms with Gasteiger partial charge in [-0.25, -0.2) is 4.79 Å². The van der Waals surface area contributed by atoms with Crippen molar-refractivity contribution in [2.75, 3.05) is 0 Å². The van der Waals surface area contributed by atoms with Gasteiger partial charge in [0.05, 0.1) is 10.2 Å². The standard InChI is InChI=1S/C8H18O3Si/c1-2-3-4-5-6-8(11,12)7(9)10/h11H,2-6H2,1,12H3,(H,9,10). The average Bonchev–Trinajstić information content (AvgIpc) is 1.98. The van der Waals surface area contributed by atoms with Crippen LogP contribution in [0.25, 0.3) is 0 Å². The van der Waals surface area contributed by atoms with Gasteiger partial charge in [-0.1, -0.05) is 32.6 Å². The summed E-state index contributed by atoms with van der Waals surface area (Å²) in [6, 6.07) is 0. The smallest absolute Gasteiger partial charge is 0.330 e. The number of hydrogen-bond acceptors (Lipinski definition) is 2. The average molecular weight is 190 g/mol. The summed E-state index contributed by atoms with van der Waals surface area (Å²) in [6.45, 7) is 2.10. The number of carboxylic acid groups (broad SMARTS) is 1. The van der Waals surface area contributed by atoms with Crippen molar-refractivity contribution in [3.05, 3.63) is 0 Å². The highest BCUT2D eigenvalue weighted by molar-refractivity contribution is 6.25. The lowest BCUT2D eigenvalue weighted by Crippen LogP contribution is -2.38. The molecule has 1 unspecified atom stereocenters. The molecule has 0 saturated heterocycles. The highest BCUT2D eigenvalue weighted by Crippen LogP contribution is 2.12. The van der Waals surface area contributed by atoms with E-state index in [2.05, 4.69) is 6.92 Å². The summed E-state index contributed by atoms with van der Waals surface area (Å²) in [7, 11) is 0.307. The zero-order valence-electron chi connectivity index (χ0n) is 7.84. The third-order valence-electron chi connectivity index (χ3n) is 1.98. The molecule has 0 aliphatic heterocycles. The van der Waals surface area contributed by atoms with Crippen molar-refractivity contribution in [1.29, 1.82) is 0 Å². The van der Waals surface area contributed by atoms with E-state index in [-0.39, 0.29) is 0 Å². The molecule has 0 radical (unpaired) electrons. The zero-order chi connectivity index (χ0) is 9.61. The number of carboxylic acids is 1. The Balaban J connectivity index is 3.54. The van der Waals surface area contributed by atoms with Crippen LogP contribution in [0.1, 0.15) is 39.0 Å². The van der Waals surface area contributed by atoms with Crippen LogP contribution < -0.4 is 0 Å². The monoisotopic (exact) mass is 190 g/mol. The fraction of sp³-hybridized carbons (Fsp3) is 0.875. The minimum absolute atomic E-state index is 0.307. The van der Waals surface area contributed by atoms with E-state index in [1.807, 2.05) is 0 Å². The van der Waals surface area contributed by atoms with Gasteiger partial charge in [0.2, 0.25) is 0 Å². The van der Waals surface area contributed by atoms with Gasteiger partial charge >= 0.3 is 5.97 Å². The molecule has 3 nitrogen and oxygen atoms in total. The number of hydrogen-bond donors (Lipinski definition) is 2. The summed E-state index contributed by atoms with van der Waals surface area (Å²) in [5.74, 6) is -1.06. The van der Waals surface area contributed by atoms with Crippen molar-refractivity contribution >= 4 is 16.2 Å². The van der Waals surface area contributed by atoms with Crippen LogP contribution in [-0.4, -0.2) is 31.6 Å². The highest BCUT2D eigenvalue weighted by Gasteiger charge is 2.28. The molecule has 2 N–H and O–H groups in total. The fourth-order valence-electron chi connectivity index (χ4n) is 1.00. The third-order valence-corrected chi connectivity index (χ3v) is 2.91. The Labute approximate surface area is 76.2 Å². The first-order chi connectivity index (χ1) is 5.50. The van der Waals surface area contributed by atoms with E-state index < -0.39 is 11.2 Å². The largest absolute Gasteiger partial charge is 0.479 e. The summed E-state index contributed by atoms with van der Waals surface area (Å²) in [6.07, 6.45) is 4.51. The molecule has 12 heavy (non-hydrogen) atoms. The molecule has 72 valence electrons. The van der Waals surface area contributed by atoms with Crippen LogP contribution in [0.15, 0.2) is 0 Å². The molecule has 0 spiro atoms. The van der Waals surface area contributed by atoms with Crippen LogP contribution in [0.5, 0.6) is 0 Å². The van der Waals surface area contributed by atoms with E-state index >= 15 is 0 Å². The lowest BCUT2D eigenvalue weighted by Gasteiger charge is -2.17. The van der Waals surface area contributed by atoms with Crippen molar-refractivity contribution in [2.45, 2.75) is 44.3 Å². The number of carbonyl (C=O) groups is 1. The van der Waals surface area contributed by atoms with Crippen LogP contribution in [0.2, 0.25) is 0 Å². The second kappa shape index (κ2) is 5.32. The van der Waals surface area contributed by atoms with Gasteiger partial charge in [-0.2, -0.15) is 0 Å². The molecule has 0 fully saturated rings. The molecule has 0 amide bonds. The lowest BCUT2D eigenvalue weighted by atomic mass is 10.1. The van der Waals surface area contributed by atoms with Crippen molar-refractivity contribution < 1.29 is 15.0 Å². The van der Waals surface area contributed by atoms with Crippen LogP contribution in [0.3, 0.4) is 0 Å². The summed E-state index contributed by atoms with van der Waals surface area (Å²) in [5.41, 5.74) is 0. The molecule has 0 aromatic heterocycles. The maximum atomic E-state index is 10.5.